The fourth-order valence-corrected chi connectivity index (χ4v) is 3.84. The van der Waals surface area contributed by atoms with Gasteiger partial charge in [0.15, 0.2) is 5.84 Å². The van der Waals surface area contributed by atoms with Crippen molar-refractivity contribution < 1.29 is 9.53 Å². The Hall–Kier alpha value is -2.56. The molecule has 5 heteroatoms. The summed E-state index contributed by atoms with van der Waals surface area (Å²) in [5.41, 5.74) is 8.13. The molecule has 0 bridgehead atoms. The molecule has 3 unspecified atom stereocenters. The summed E-state index contributed by atoms with van der Waals surface area (Å²) in [6.07, 6.45) is 5.06. The third-order valence-corrected chi connectivity index (χ3v) is 4.89. The van der Waals surface area contributed by atoms with Gasteiger partial charge in [-0.25, -0.2) is 0 Å². The molecule has 2 aliphatic heterocycles. The van der Waals surface area contributed by atoms with Crippen LogP contribution in [0.4, 0.5) is 0 Å². The second-order valence-electron chi connectivity index (χ2n) is 6.14. The molecule has 2 heterocycles. The third-order valence-electron chi connectivity index (χ3n) is 4.89. The quantitative estimate of drug-likeness (QED) is 0.905. The molecule has 0 aromatic heterocycles. The summed E-state index contributed by atoms with van der Waals surface area (Å²) in [4.78, 5) is 19.0. The first-order valence-electron chi connectivity index (χ1n) is 7.85. The molecule has 3 atom stereocenters. The maximum absolute atomic E-state index is 12.6. The van der Waals surface area contributed by atoms with Crippen LogP contribution in [-0.4, -0.2) is 36.3 Å². The number of aliphatic imine (C=N–C) groups is 1. The first-order chi connectivity index (χ1) is 11.2. The molecule has 4 rings (SSSR count). The number of nitrogens with two attached hydrogens (primary N) is 1. The van der Waals surface area contributed by atoms with Crippen LogP contribution in [0.25, 0.3) is 0 Å². The van der Waals surface area contributed by atoms with Gasteiger partial charge in [0.2, 0.25) is 0 Å². The second-order valence-corrected chi connectivity index (χ2v) is 6.14. The van der Waals surface area contributed by atoms with E-state index >= 15 is 0 Å². The largest absolute Gasteiger partial charge is 0.497 e. The number of rotatable bonds is 2. The van der Waals surface area contributed by atoms with E-state index in [4.69, 9.17) is 10.5 Å². The number of carbonyl (C=O) groups excluding carboxylic acids is 1. The van der Waals surface area contributed by atoms with Gasteiger partial charge in [0, 0.05) is 12.5 Å². The highest BCUT2D eigenvalue weighted by molar-refractivity contribution is 6.37. The van der Waals surface area contributed by atoms with Crippen molar-refractivity contribution in [3.63, 3.8) is 0 Å². The molecular formula is C18H19N3O2. The Morgan fingerprint density at radius 1 is 1.30 bits per heavy atom. The zero-order valence-corrected chi connectivity index (χ0v) is 13.0. The Bertz CT molecular complexity index is 736. The fraction of sp³-hybridized carbons (Fsp3) is 0.333. The summed E-state index contributed by atoms with van der Waals surface area (Å²) < 4.78 is 5.47. The second kappa shape index (κ2) is 5.26. The summed E-state index contributed by atoms with van der Waals surface area (Å²) in [7, 11) is 1.67. The van der Waals surface area contributed by atoms with Crippen LogP contribution in [0.15, 0.2) is 58.8 Å². The molecule has 0 spiro atoms. The number of methoxy groups -OCH3 is 1. The summed E-state index contributed by atoms with van der Waals surface area (Å²) in [6, 6.07) is 9.76. The van der Waals surface area contributed by atoms with Crippen LogP contribution in [0.2, 0.25) is 0 Å². The fourth-order valence-electron chi connectivity index (χ4n) is 3.84. The highest BCUT2D eigenvalue weighted by Gasteiger charge is 2.45. The molecule has 1 aliphatic carbocycles. The van der Waals surface area contributed by atoms with Gasteiger partial charge >= 0.3 is 0 Å². The molecule has 0 radical (unpaired) electrons. The van der Waals surface area contributed by atoms with Crippen LogP contribution >= 0.6 is 0 Å². The Morgan fingerprint density at radius 3 is 2.83 bits per heavy atom. The molecule has 1 aromatic rings. The van der Waals surface area contributed by atoms with E-state index in [-0.39, 0.29) is 29.7 Å². The van der Waals surface area contributed by atoms with E-state index in [1.54, 1.807) is 7.11 Å². The molecule has 118 valence electrons. The monoisotopic (exact) mass is 309 g/mol. The SMILES string of the molecule is COC1=CC2CCN3C(=O)C(N)=NC(c4ccccc4)C(=C1)C23. The van der Waals surface area contributed by atoms with E-state index in [1.165, 1.54) is 0 Å². The molecule has 1 aromatic carbocycles. The van der Waals surface area contributed by atoms with Crippen LogP contribution in [0.1, 0.15) is 18.0 Å². The molecule has 1 saturated heterocycles. The number of benzene rings is 1. The van der Waals surface area contributed by atoms with E-state index in [1.807, 2.05) is 41.3 Å². The normalized spacial score (nSPS) is 29.3. The summed E-state index contributed by atoms with van der Waals surface area (Å²) in [5.74, 6) is 1.04. The van der Waals surface area contributed by atoms with Gasteiger partial charge in [0.25, 0.3) is 5.91 Å². The number of amides is 1. The van der Waals surface area contributed by atoms with E-state index in [2.05, 4.69) is 11.1 Å². The predicted octanol–water partition coefficient (Wildman–Crippen LogP) is 1.79. The lowest BCUT2D eigenvalue weighted by atomic mass is 9.83. The van der Waals surface area contributed by atoms with Crippen molar-refractivity contribution in [3.8, 4) is 0 Å². The maximum atomic E-state index is 12.6. The first kappa shape index (κ1) is 14.1. The highest BCUT2D eigenvalue weighted by atomic mass is 16.5. The third kappa shape index (κ3) is 2.15. The lowest BCUT2D eigenvalue weighted by Crippen LogP contribution is -2.44. The number of hydrogen-bond donors (Lipinski definition) is 1. The number of ether oxygens (including phenoxy) is 1. The van der Waals surface area contributed by atoms with Crippen LogP contribution < -0.4 is 5.73 Å². The smallest absolute Gasteiger partial charge is 0.289 e. The minimum Gasteiger partial charge on any atom is -0.497 e. The Kier molecular flexibility index (Phi) is 3.22. The Morgan fingerprint density at radius 2 is 2.09 bits per heavy atom. The Labute approximate surface area is 135 Å². The van der Waals surface area contributed by atoms with Crippen molar-refractivity contribution in [3.05, 3.63) is 59.4 Å². The predicted molar refractivity (Wildman–Crippen MR) is 87.6 cm³/mol. The highest BCUT2D eigenvalue weighted by Crippen LogP contribution is 2.43. The van der Waals surface area contributed by atoms with Crippen molar-refractivity contribution in [1.82, 2.24) is 4.90 Å². The summed E-state index contributed by atoms with van der Waals surface area (Å²) in [5, 5.41) is 0. The first-order valence-corrected chi connectivity index (χ1v) is 7.85. The van der Waals surface area contributed by atoms with Gasteiger partial charge in [-0.15, -0.1) is 0 Å². The van der Waals surface area contributed by atoms with E-state index in [9.17, 15) is 4.79 Å². The van der Waals surface area contributed by atoms with Gasteiger partial charge in [-0.1, -0.05) is 30.3 Å². The van der Waals surface area contributed by atoms with Crippen molar-refractivity contribution in [2.24, 2.45) is 16.6 Å². The minimum absolute atomic E-state index is 0.0245. The summed E-state index contributed by atoms with van der Waals surface area (Å²) in [6.45, 7) is 0.705. The zero-order chi connectivity index (χ0) is 16.0. The van der Waals surface area contributed by atoms with Crippen molar-refractivity contribution in [1.29, 1.82) is 0 Å². The van der Waals surface area contributed by atoms with Crippen LogP contribution in [0.3, 0.4) is 0 Å². The molecule has 5 nitrogen and oxygen atoms in total. The van der Waals surface area contributed by atoms with Crippen molar-refractivity contribution >= 4 is 11.7 Å². The minimum atomic E-state index is -0.241. The van der Waals surface area contributed by atoms with Crippen molar-refractivity contribution in [2.45, 2.75) is 18.5 Å². The average molecular weight is 309 g/mol. The molecule has 3 aliphatic rings. The van der Waals surface area contributed by atoms with Crippen LogP contribution in [-0.2, 0) is 9.53 Å². The summed E-state index contributed by atoms with van der Waals surface area (Å²) >= 11 is 0. The van der Waals surface area contributed by atoms with Gasteiger partial charge in [0.1, 0.15) is 11.8 Å². The number of carbonyl (C=O) groups is 1. The average Bonchev–Trinajstić information content (AvgIpc) is 2.98. The van der Waals surface area contributed by atoms with E-state index in [0.29, 0.717) is 6.54 Å². The molecular weight excluding hydrogens is 290 g/mol. The number of amidine groups is 1. The van der Waals surface area contributed by atoms with Crippen molar-refractivity contribution in [2.75, 3.05) is 13.7 Å². The van der Waals surface area contributed by atoms with Crippen LogP contribution in [0, 0.1) is 5.92 Å². The standard InChI is InChI=1S/C18H19N3O2/c1-23-13-9-12-7-8-21-16(12)14(10-13)15(20-17(19)18(21)22)11-5-3-2-4-6-11/h2-6,9-10,12,15-16H,7-8H2,1H3,(H2,19,20). The van der Waals surface area contributed by atoms with Gasteiger partial charge in [-0.2, -0.15) is 0 Å². The lowest BCUT2D eigenvalue weighted by molar-refractivity contribution is -0.124. The lowest BCUT2D eigenvalue weighted by Gasteiger charge is -2.32. The zero-order valence-electron chi connectivity index (χ0n) is 13.0. The molecule has 2 N–H and O–H groups in total. The van der Waals surface area contributed by atoms with E-state index < -0.39 is 0 Å². The Balaban J connectivity index is 1.89. The number of nitrogens with zero attached hydrogens (tertiary/aromatic N) is 2. The van der Waals surface area contributed by atoms with E-state index in [0.717, 1.165) is 23.3 Å². The number of allylic oxidation sites excluding steroid dienone is 1. The molecule has 0 saturated carbocycles. The maximum Gasteiger partial charge on any atom is 0.289 e. The van der Waals surface area contributed by atoms with Gasteiger partial charge < -0.3 is 15.4 Å². The number of hydrogen-bond acceptors (Lipinski definition) is 4. The topological polar surface area (TPSA) is 67.9 Å². The van der Waals surface area contributed by atoms with Crippen LogP contribution in [0.5, 0.6) is 0 Å². The van der Waals surface area contributed by atoms with Gasteiger partial charge in [-0.05, 0) is 29.7 Å². The molecule has 23 heavy (non-hydrogen) atoms. The van der Waals surface area contributed by atoms with Gasteiger partial charge in [0.05, 0.1) is 13.2 Å². The molecule has 1 fully saturated rings. The molecule has 1 amide bonds. The van der Waals surface area contributed by atoms with Gasteiger partial charge in [-0.3, -0.25) is 9.79 Å².